The van der Waals surface area contributed by atoms with Gasteiger partial charge in [0.05, 0.1) is 51.7 Å². The zero-order valence-electron chi connectivity index (χ0n) is 65.5. The summed E-state index contributed by atoms with van der Waals surface area (Å²) in [5.74, 6) is -0.00973. The van der Waals surface area contributed by atoms with Crippen molar-refractivity contribution < 1.29 is 76.3 Å². The second kappa shape index (κ2) is 41.9. The van der Waals surface area contributed by atoms with Gasteiger partial charge in [0.25, 0.3) is 0 Å². The molecule has 22 nitrogen and oxygen atoms in total. The molecule has 0 unspecified atom stereocenters. The van der Waals surface area contributed by atoms with Crippen molar-refractivity contribution in [1.82, 2.24) is 0 Å². The molecule has 0 amide bonds. The predicted octanol–water partition coefficient (Wildman–Crippen LogP) is 11.9. The van der Waals surface area contributed by atoms with Gasteiger partial charge in [-0.2, -0.15) is 0 Å². The van der Waals surface area contributed by atoms with Crippen molar-refractivity contribution in [2.45, 2.75) is 323 Å². The van der Waals surface area contributed by atoms with Crippen LogP contribution < -0.4 is 34.4 Å². The van der Waals surface area contributed by atoms with E-state index in [9.17, 15) is 38.4 Å². The molecule has 8 fully saturated rings. The number of carbonyl (C=O) groups excluding carboxylic acids is 8. The largest absolute Gasteiger partial charge is 0.466 e. The van der Waals surface area contributed by atoms with E-state index in [0.717, 1.165) is 89.9 Å². The first-order chi connectivity index (χ1) is 49.8. The number of fused-ring (bicyclic) bond motifs is 10. The van der Waals surface area contributed by atoms with Gasteiger partial charge in [-0.1, -0.05) is 120 Å². The van der Waals surface area contributed by atoms with E-state index in [2.05, 4.69) is 55.4 Å². The molecule has 22 heteroatoms. The van der Waals surface area contributed by atoms with Crippen LogP contribution >= 0.6 is 0 Å². The summed E-state index contributed by atoms with van der Waals surface area (Å²) in [5, 5.41) is 0. The summed E-state index contributed by atoms with van der Waals surface area (Å²) in [4.78, 5) is 103. The van der Waals surface area contributed by atoms with Gasteiger partial charge in [0, 0.05) is 74.8 Å². The normalized spacial score (nSPS) is 34.3. The van der Waals surface area contributed by atoms with Crippen molar-refractivity contribution >= 4 is 47.8 Å². The first-order valence-corrected chi connectivity index (χ1v) is 41.5. The van der Waals surface area contributed by atoms with Crippen LogP contribution in [0.15, 0.2) is 0 Å². The molecule has 8 saturated carbocycles. The third-order valence-electron chi connectivity index (χ3n) is 27.8. The van der Waals surface area contributed by atoms with E-state index < -0.39 is 0 Å². The van der Waals surface area contributed by atoms with E-state index >= 15 is 0 Å². The maximum Gasteiger partial charge on any atom is 0.307 e. The summed E-state index contributed by atoms with van der Waals surface area (Å²) in [6.07, 6.45) is 26.5. The van der Waals surface area contributed by atoms with Crippen LogP contribution in [-0.4, -0.2) is 137 Å². The number of hydrogen-bond acceptors (Lipinski definition) is 22. The number of unbranched alkanes of at least 4 members (excludes halogenated alkanes) is 10. The Morgan fingerprint density at radius 1 is 0.356 bits per heavy atom. The fourth-order valence-electron chi connectivity index (χ4n) is 22.4. The van der Waals surface area contributed by atoms with Gasteiger partial charge in [-0.3, -0.25) is 38.4 Å². The van der Waals surface area contributed by atoms with Crippen molar-refractivity contribution in [3.05, 3.63) is 0 Å². The minimum atomic E-state index is -0.372. The molecule has 0 aromatic carbocycles. The zero-order valence-corrected chi connectivity index (χ0v) is 65.5. The summed E-state index contributed by atoms with van der Waals surface area (Å²) >= 11 is 0. The first-order valence-electron chi connectivity index (χ1n) is 41.5. The maximum atomic E-state index is 13.3. The second-order valence-electron chi connectivity index (χ2n) is 34.1. The van der Waals surface area contributed by atoms with E-state index in [1.807, 2.05) is 0 Å². The highest BCUT2D eigenvalue weighted by Crippen LogP contribution is 2.72. The Labute approximate surface area is 623 Å². The monoisotopic (exact) mass is 1470 g/mol. The van der Waals surface area contributed by atoms with Gasteiger partial charge in [0.15, 0.2) is 0 Å². The van der Waals surface area contributed by atoms with Gasteiger partial charge in [-0.15, -0.1) is 0 Å². The summed E-state index contributed by atoms with van der Waals surface area (Å²) in [7, 11) is 0. The van der Waals surface area contributed by atoms with E-state index in [1.165, 1.54) is 38.5 Å². The molecule has 0 heterocycles. The van der Waals surface area contributed by atoms with Gasteiger partial charge in [-0.25, -0.2) is 0 Å². The first kappa shape index (κ1) is 86.8. The third kappa shape index (κ3) is 21.9. The number of esters is 8. The van der Waals surface area contributed by atoms with Crippen LogP contribution in [0.3, 0.4) is 0 Å². The standard InChI is InChI=1S/C43H75N3O8.C39H67N3O8/c1-5-6-7-8-9-10-11-12-25-51-37(47)16-13-29(2)32-14-15-33-41-34(28-36(43(32,33)4)54-40(50)20-24-46)42(3)21-17-31(52-38(48)18-22-44)26-30(42)27-35(41)53-39(49)19-23-45;1-5-6-7-8-21-47-33(43)12-9-25(2)28-10-11-29-37-30(24-32(39(28,29)4)50-36(46)16-20-42)38(3)17-13-27(48-34(44)14-18-40)22-26(38)23-31(37)49-35(45)15-19-41/h29-36,41H,5-28,44-46H2,1-4H3;25-32,37H,5-24,40-42H2,1-4H3/t29-,30+,31-,32-,33+,34+,35-,36+,41+,42+,43-;25-,26+,27-,28-,29+,30+,31-,32+,37+,38+,39-/m11/s1. The fourth-order valence-corrected chi connectivity index (χ4v) is 22.4. The molecule has 0 radical (unpaired) electrons. The molecule has 0 spiro atoms. The Morgan fingerprint density at radius 2 is 0.673 bits per heavy atom. The molecule has 0 aromatic heterocycles. The zero-order chi connectivity index (χ0) is 75.8. The van der Waals surface area contributed by atoms with E-state index in [1.54, 1.807) is 0 Å². The molecular weight excluding hydrogens is 1320 g/mol. The lowest BCUT2D eigenvalue weighted by Crippen LogP contribution is -2.63. The smallest absolute Gasteiger partial charge is 0.307 e. The lowest BCUT2D eigenvalue weighted by atomic mass is 9.43. The summed E-state index contributed by atoms with van der Waals surface area (Å²) < 4.78 is 48.7. The molecule has 8 rings (SSSR count). The molecule has 8 aliphatic rings. The lowest BCUT2D eigenvalue weighted by molar-refractivity contribution is -0.226. The maximum absolute atomic E-state index is 13.3. The highest BCUT2D eigenvalue weighted by Gasteiger charge is 2.70. The highest BCUT2D eigenvalue weighted by molar-refractivity contribution is 5.72. The highest BCUT2D eigenvalue weighted by atomic mass is 16.6. The van der Waals surface area contributed by atoms with Gasteiger partial charge < -0.3 is 72.3 Å². The predicted molar refractivity (Wildman–Crippen MR) is 399 cm³/mol. The van der Waals surface area contributed by atoms with E-state index in [0.29, 0.717) is 77.4 Å². The number of nitrogens with two attached hydrogens (primary N) is 6. The number of carbonyl (C=O) groups is 8. The topological polar surface area (TPSA) is 367 Å². The van der Waals surface area contributed by atoms with Crippen LogP contribution in [0.25, 0.3) is 0 Å². The van der Waals surface area contributed by atoms with Crippen molar-refractivity contribution in [2.75, 3.05) is 52.5 Å². The van der Waals surface area contributed by atoms with Crippen LogP contribution in [0.4, 0.5) is 0 Å². The van der Waals surface area contributed by atoms with Crippen LogP contribution in [0.1, 0.15) is 287 Å². The Bertz CT molecular complexity index is 2730. The summed E-state index contributed by atoms with van der Waals surface area (Å²) in [6.45, 7) is 20.5. The number of hydrogen-bond donors (Lipinski definition) is 6. The van der Waals surface area contributed by atoms with Crippen LogP contribution in [0, 0.1) is 92.7 Å². The Morgan fingerprint density at radius 3 is 1.02 bits per heavy atom. The minimum Gasteiger partial charge on any atom is -0.466 e. The molecule has 0 saturated heterocycles. The van der Waals surface area contributed by atoms with Crippen molar-refractivity contribution in [3.63, 3.8) is 0 Å². The van der Waals surface area contributed by atoms with Crippen molar-refractivity contribution in [1.29, 1.82) is 0 Å². The summed E-state index contributed by atoms with van der Waals surface area (Å²) in [6, 6.07) is 0. The SMILES string of the molecule is CCCCCCCCCCOC(=O)CC[C@@H](C)[C@H]1CC[C@H]2[C@@H]3[C@H](OC(=O)CCN)C[C@@H]4C[C@H](OC(=O)CCN)CC[C@]4(C)[C@H]3C[C@H](OC(=O)CCN)[C@]12C.CCCCCCOC(=O)CC[C@@H](C)[C@H]1CC[C@H]2[C@@H]3[C@H](OC(=O)CCN)C[C@@H]4C[C@H](OC(=O)CCN)CC[C@]4(C)[C@H]3C[C@H](OC(=O)CCN)[C@]12C. The summed E-state index contributed by atoms with van der Waals surface area (Å²) in [5.41, 5.74) is 33.5. The third-order valence-corrected chi connectivity index (χ3v) is 27.8. The van der Waals surface area contributed by atoms with E-state index in [4.69, 9.17) is 72.3 Å². The molecule has 0 aliphatic heterocycles. The molecule has 0 aromatic rings. The molecule has 8 aliphatic carbocycles. The van der Waals surface area contributed by atoms with Gasteiger partial charge in [-0.05, 0) is 186 Å². The average Bonchev–Trinajstić information content (AvgIpc) is 1.34. The van der Waals surface area contributed by atoms with Crippen molar-refractivity contribution in [3.8, 4) is 0 Å². The molecule has 0 bridgehead atoms. The number of ether oxygens (including phenoxy) is 8. The van der Waals surface area contributed by atoms with Crippen LogP contribution in [0.5, 0.6) is 0 Å². The van der Waals surface area contributed by atoms with Gasteiger partial charge in [0.1, 0.15) is 36.6 Å². The molecule has 104 heavy (non-hydrogen) atoms. The van der Waals surface area contributed by atoms with Gasteiger partial charge >= 0.3 is 47.8 Å². The molecule has 12 N–H and O–H groups in total. The molecule has 596 valence electrons. The van der Waals surface area contributed by atoms with Gasteiger partial charge in [0.2, 0.25) is 0 Å². The number of rotatable bonds is 40. The Kier molecular flexibility index (Phi) is 35.0. The van der Waals surface area contributed by atoms with Crippen LogP contribution in [-0.2, 0) is 76.3 Å². The van der Waals surface area contributed by atoms with Crippen LogP contribution in [0.2, 0.25) is 0 Å². The quantitative estimate of drug-likeness (QED) is 0.0188. The average molecular weight is 1470 g/mol. The van der Waals surface area contributed by atoms with Crippen molar-refractivity contribution in [2.24, 2.45) is 127 Å². The minimum absolute atomic E-state index is 0.0904. The van der Waals surface area contributed by atoms with E-state index in [-0.39, 0.29) is 255 Å². The fraction of sp³-hybridized carbons (Fsp3) is 0.902. The molecule has 22 atom stereocenters. The molecular formula is C82H142N6O16. The lowest BCUT2D eigenvalue weighted by Gasteiger charge is -2.64. The Balaban J connectivity index is 0.000000292. The Hall–Kier alpha value is -4.48. The second-order valence-corrected chi connectivity index (χ2v) is 34.1.